The Hall–Kier alpha value is -1.60. The highest BCUT2D eigenvalue weighted by Gasteiger charge is 2.04. The van der Waals surface area contributed by atoms with Crippen molar-refractivity contribution >= 4 is 16.0 Å². The van der Waals surface area contributed by atoms with Crippen molar-refractivity contribution in [2.75, 3.05) is 7.11 Å². The van der Waals surface area contributed by atoms with Crippen molar-refractivity contribution in [1.82, 2.24) is 0 Å². The molecule has 0 fully saturated rings. The summed E-state index contributed by atoms with van der Waals surface area (Å²) in [4.78, 5) is 0. The van der Waals surface area contributed by atoms with Crippen LogP contribution in [-0.4, -0.2) is 21.4 Å². The topological polar surface area (TPSA) is 108 Å². The zero-order valence-electron chi connectivity index (χ0n) is 8.04. The number of hydrogen-bond donors (Lipinski definition) is 2. The Kier molecular flexibility index (Phi) is 3.28. The Morgan fingerprint density at radius 1 is 1.47 bits per heavy atom. The van der Waals surface area contributed by atoms with Crippen LogP contribution >= 0.6 is 0 Å². The van der Waals surface area contributed by atoms with Crippen LogP contribution in [0.2, 0.25) is 0 Å². The highest BCUT2D eigenvalue weighted by Crippen LogP contribution is 2.12. The summed E-state index contributed by atoms with van der Waals surface area (Å²) in [5.41, 5.74) is 5.87. The van der Waals surface area contributed by atoms with Gasteiger partial charge in [0, 0.05) is 5.56 Å². The van der Waals surface area contributed by atoms with Crippen molar-refractivity contribution in [1.29, 1.82) is 0 Å². The molecule has 0 heterocycles. The van der Waals surface area contributed by atoms with Crippen molar-refractivity contribution < 1.29 is 13.2 Å². The smallest absolute Gasteiger partial charge is 0.319 e. The Balaban J connectivity index is 3.12. The lowest BCUT2D eigenvalue weighted by atomic mass is 10.2. The maximum Gasteiger partial charge on any atom is 0.319 e. The second kappa shape index (κ2) is 4.28. The van der Waals surface area contributed by atoms with Crippen LogP contribution in [0, 0.1) is 0 Å². The van der Waals surface area contributed by atoms with E-state index in [0.29, 0.717) is 11.3 Å². The normalized spacial score (nSPS) is 12.5. The monoisotopic (exact) mass is 229 g/mol. The zero-order valence-corrected chi connectivity index (χ0v) is 8.86. The predicted octanol–water partition coefficient (Wildman–Crippen LogP) is -0.396. The first-order valence-corrected chi connectivity index (χ1v) is 5.45. The van der Waals surface area contributed by atoms with Gasteiger partial charge in [0.15, 0.2) is 0 Å². The molecule has 0 aliphatic heterocycles. The summed E-state index contributed by atoms with van der Waals surface area (Å²) >= 11 is 0. The van der Waals surface area contributed by atoms with Gasteiger partial charge in [-0.25, -0.2) is 5.14 Å². The van der Waals surface area contributed by atoms with Gasteiger partial charge in [0.1, 0.15) is 11.6 Å². The fraction of sp³-hybridized carbons (Fsp3) is 0.125. The maximum atomic E-state index is 10.6. The molecule has 0 atom stereocenters. The van der Waals surface area contributed by atoms with E-state index in [1.807, 2.05) is 0 Å². The minimum absolute atomic E-state index is 0.170. The van der Waals surface area contributed by atoms with Gasteiger partial charge < -0.3 is 10.5 Å². The number of nitrogens with two attached hydrogens (primary N) is 2. The Bertz CT molecular complexity index is 482. The van der Waals surface area contributed by atoms with Gasteiger partial charge in [-0.2, -0.15) is 8.42 Å². The zero-order chi connectivity index (χ0) is 11.5. The third-order valence-corrected chi connectivity index (χ3v) is 2.04. The number of ether oxygens (including phenoxy) is 1. The quantitative estimate of drug-likeness (QED) is 0.543. The minimum Gasteiger partial charge on any atom is -0.497 e. The van der Waals surface area contributed by atoms with Gasteiger partial charge in [0.2, 0.25) is 0 Å². The standard InChI is InChI=1S/C8H11N3O3S/c1-14-7-4-2-3-6(5-7)8(9)11-15(10,12)13/h2-5H,1H3,(H2,9,11)(H2,10,12,13). The van der Waals surface area contributed by atoms with Crippen LogP contribution < -0.4 is 15.6 Å². The molecule has 0 saturated heterocycles. The van der Waals surface area contributed by atoms with Gasteiger partial charge >= 0.3 is 10.2 Å². The molecule has 6 nitrogen and oxygen atoms in total. The molecule has 0 aliphatic carbocycles. The first-order chi connectivity index (χ1) is 6.92. The average molecular weight is 229 g/mol. The van der Waals surface area contributed by atoms with E-state index in [1.165, 1.54) is 7.11 Å². The molecule has 0 amide bonds. The van der Waals surface area contributed by atoms with Crippen LogP contribution in [0.4, 0.5) is 0 Å². The number of amidine groups is 1. The molecule has 4 N–H and O–H groups in total. The molecule has 1 aromatic rings. The summed E-state index contributed by atoms with van der Waals surface area (Å²) in [6, 6.07) is 6.53. The Morgan fingerprint density at radius 3 is 2.67 bits per heavy atom. The van der Waals surface area contributed by atoms with Crippen LogP contribution in [0.5, 0.6) is 5.75 Å². The summed E-state index contributed by atoms with van der Waals surface area (Å²) in [6.45, 7) is 0. The Labute approximate surface area is 87.7 Å². The molecule has 7 heteroatoms. The highest BCUT2D eigenvalue weighted by molar-refractivity contribution is 7.88. The summed E-state index contributed by atoms with van der Waals surface area (Å²) in [6.07, 6.45) is 0. The molecule has 0 saturated carbocycles. The molecule has 0 aliphatic rings. The summed E-state index contributed by atoms with van der Waals surface area (Å²) in [7, 11) is -2.48. The molecular weight excluding hydrogens is 218 g/mol. The van der Waals surface area contributed by atoms with E-state index in [4.69, 9.17) is 15.6 Å². The number of nitrogens with zero attached hydrogens (tertiary/aromatic N) is 1. The van der Waals surface area contributed by atoms with Gasteiger partial charge in [-0.1, -0.05) is 12.1 Å². The van der Waals surface area contributed by atoms with Crippen molar-refractivity contribution in [2.45, 2.75) is 0 Å². The van der Waals surface area contributed by atoms with E-state index in [0.717, 1.165) is 0 Å². The maximum absolute atomic E-state index is 10.6. The second-order valence-electron chi connectivity index (χ2n) is 2.72. The number of benzene rings is 1. The van der Waals surface area contributed by atoms with Crippen molar-refractivity contribution in [3.63, 3.8) is 0 Å². The van der Waals surface area contributed by atoms with Crippen LogP contribution in [0.25, 0.3) is 0 Å². The summed E-state index contributed by atoms with van der Waals surface area (Å²) < 4.78 is 29.4. The summed E-state index contributed by atoms with van der Waals surface area (Å²) in [5.74, 6) is 0.386. The lowest BCUT2D eigenvalue weighted by molar-refractivity contribution is 0.414. The number of hydrogen-bond acceptors (Lipinski definition) is 3. The molecule has 1 rings (SSSR count). The lowest BCUT2D eigenvalue weighted by Crippen LogP contribution is -2.19. The Morgan fingerprint density at radius 2 is 2.13 bits per heavy atom. The first kappa shape index (κ1) is 11.5. The lowest BCUT2D eigenvalue weighted by Gasteiger charge is -2.02. The molecular formula is C8H11N3O3S. The van der Waals surface area contributed by atoms with E-state index in [9.17, 15) is 8.42 Å². The molecule has 0 bridgehead atoms. The predicted molar refractivity (Wildman–Crippen MR) is 56.8 cm³/mol. The van der Waals surface area contributed by atoms with Gasteiger partial charge in [0.25, 0.3) is 0 Å². The van der Waals surface area contributed by atoms with E-state index in [2.05, 4.69) is 4.40 Å². The van der Waals surface area contributed by atoms with Crippen molar-refractivity contribution in [3.8, 4) is 5.75 Å². The van der Waals surface area contributed by atoms with E-state index >= 15 is 0 Å². The largest absolute Gasteiger partial charge is 0.497 e. The van der Waals surface area contributed by atoms with Crippen LogP contribution in [0.1, 0.15) is 5.56 Å². The minimum atomic E-state index is -3.97. The molecule has 1 aromatic carbocycles. The first-order valence-electron chi connectivity index (χ1n) is 3.95. The molecule has 0 unspecified atom stereocenters. The fourth-order valence-electron chi connectivity index (χ4n) is 0.972. The van der Waals surface area contributed by atoms with Crippen LogP contribution in [0.3, 0.4) is 0 Å². The van der Waals surface area contributed by atoms with E-state index in [1.54, 1.807) is 24.3 Å². The van der Waals surface area contributed by atoms with E-state index in [-0.39, 0.29) is 5.84 Å². The molecule has 0 aromatic heterocycles. The van der Waals surface area contributed by atoms with Gasteiger partial charge in [-0.3, -0.25) is 0 Å². The van der Waals surface area contributed by atoms with Gasteiger partial charge in [0.05, 0.1) is 7.11 Å². The second-order valence-corrected chi connectivity index (χ2v) is 3.94. The molecule has 0 radical (unpaired) electrons. The van der Waals surface area contributed by atoms with Gasteiger partial charge in [-0.15, -0.1) is 4.40 Å². The summed E-state index contributed by atoms with van der Waals surface area (Å²) in [5, 5.41) is 4.72. The molecule has 82 valence electrons. The number of rotatable bonds is 3. The third kappa shape index (κ3) is 3.56. The fourth-order valence-corrected chi connectivity index (χ4v) is 1.35. The SMILES string of the molecule is COc1cccc(/C(N)=N/S(N)(=O)=O)c1. The molecule has 15 heavy (non-hydrogen) atoms. The highest BCUT2D eigenvalue weighted by atomic mass is 32.2. The van der Waals surface area contributed by atoms with Crippen LogP contribution in [-0.2, 0) is 10.2 Å². The van der Waals surface area contributed by atoms with Crippen molar-refractivity contribution in [3.05, 3.63) is 29.8 Å². The van der Waals surface area contributed by atoms with Gasteiger partial charge in [-0.05, 0) is 12.1 Å². The third-order valence-electron chi connectivity index (χ3n) is 1.59. The van der Waals surface area contributed by atoms with Crippen LogP contribution in [0.15, 0.2) is 28.7 Å². The van der Waals surface area contributed by atoms with Crippen molar-refractivity contribution in [2.24, 2.45) is 15.3 Å². The van der Waals surface area contributed by atoms with E-state index < -0.39 is 10.2 Å². The number of methoxy groups -OCH3 is 1. The molecule has 0 spiro atoms. The average Bonchev–Trinajstić information content (AvgIpc) is 2.15.